The number of carboxylic acid groups (broad SMARTS) is 1. The highest BCUT2D eigenvalue weighted by atomic mass is 16.4. The highest BCUT2D eigenvalue weighted by Crippen LogP contribution is 2.09. The lowest BCUT2D eigenvalue weighted by Gasteiger charge is -2.31. The van der Waals surface area contributed by atoms with Crippen LogP contribution in [0.2, 0.25) is 0 Å². The molecule has 5 nitrogen and oxygen atoms in total. The average Bonchev–Trinajstić information content (AvgIpc) is 2.08. The average molecular weight is 187 g/mol. The van der Waals surface area contributed by atoms with Gasteiger partial charge in [-0.25, -0.2) is 4.79 Å². The molecule has 0 aromatic rings. The lowest BCUT2D eigenvalue weighted by atomic mass is 10.1. The fraction of sp³-hybridized carbons (Fsp3) is 0.875. The molecule has 0 unspecified atom stereocenters. The molecule has 1 amide bonds. The molecule has 0 atom stereocenters. The molecule has 1 aliphatic heterocycles. The lowest BCUT2D eigenvalue weighted by molar-refractivity contribution is 0.169. The molecule has 0 aromatic heterocycles. The summed E-state index contributed by atoms with van der Waals surface area (Å²) in [5.74, 6) is 0. The molecule has 13 heavy (non-hydrogen) atoms. The summed E-state index contributed by atoms with van der Waals surface area (Å²) in [4.78, 5) is 12.6. The molecule has 0 bridgehead atoms. The standard InChI is InChI=1S/C8H17N3O2/c9-3-6-11-4-1-7(2-5-11)10-8(12)13/h7,10H,1-6,9H2,(H,12,13). The Morgan fingerprint density at radius 2 is 2.15 bits per heavy atom. The van der Waals surface area contributed by atoms with Gasteiger partial charge >= 0.3 is 6.09 Å². The van der Waals surface area contributed by atoms with Crippen LogP contribution in [0.3, 0.4) is 0 Å². The largest absolute Gasteiger partial charge is 0.465 e. The van der Waals surface area contributed by atoms with E-state index in [4.69, 9.17) is 10.8 Å². The number of nitrogens with one attached hydrogen (secondary N) is 1. The van der Waals surface area contributed by atoms with Gasteiger partial charge in [-0.05, 0) is 12.8 Å². The Bertz CT molecular complexity index is 167. The van der Waals surface area contributed by atoms with Gasteiger partial charge in [0.05, 0.1) is 0 Å². The topological polar surface area (TPSA) is 78.6 Å². The molecule has 1 rings (SSSR count). The van der Waals surface area contributed by atoms with E-state index in [-0.39, 0.29) is 6.04 Å². The van der Waals surface area contributed by atoms with Crippen LogP contribution in [0.5, 0.6) is 0 Å². The maximum Gasteiger partial charge on any atom is 0.404 e. The lowest BCUT2D eigenvalue weighted by Crippen LogP contribution is -2.45. The van der Waals surface area contributed by atoms with Crippen molar-refractivity contribution in [1.82, 2.24) is 10.2 Å². The molecular weight excluding hydrogens is 170 g/mol. The Morgan fingerprint density at radius 1 is 1.54 bits per heavy atom. The van der Waals surface area contributed by atoms with Crippen LogP contribution in [0.4, 0.5) is 4.79 Å². The van der Waals surface area contributed by atoms with E-state index in [0.29, 0.717) is 6.54 Å². The third-order valence-electron chi connectivity index (χ3n) is 2.36. The first-order valence-corrected chi connectivity index (χ1v) is 4.64. The molecule has 1 fully saturated rings. The van der Waals surface area contributed by atoms with Crippen molar-refractivity contribution < 1.29 is 9.90 Å². The zero-order chi connectivity index (χ0) is 9.68. The fourth-order valence-corrected chi connectivity index (χ4v) is 1.66. The minimum Gasteiger partial charge on any atom is -0.465 e. The zero-order valence-electron chi connectivity index (χ0n) is 7.70. The Balaban J connectivity index is 2.18. The van der Waals surface area contributed by atoms with Gasteiger partial charge in [0.25, 0.3) is 0 Å². The van der Waals surface area contributed by atoms with Crippen LogP contribution in [0.15, 0.2) is 0 Å². The summed E-state index contributed by atoms with van der Waals surface area (Å²) in [6.07, 6.45) is 0.871. The SMILES string of the molecule is NCCN1CCC(NC(=O)O)CC1. The van der Waals surface area contributed by atoms with Crippen LogP contribution in [-0.2, 0) is 0 Å². The molecule has 0 aromatic carbocycles. The van der Waals surface area contributed by atoms with Gasteiger partial charge in [-0.2, -0.15) is 0 Å². The molecule has 4 N–H and O–H groups in total. The maximum absolute atomic E-state index is 10.3. The van der Waals surface area contributed by atoms with Crippen LogP contribution in [0.25, 0.3) is 0 Å². The highest BCUT2D eigenvalue weighted by molar-refractivity contribution is 5.64. The molecule has 5 heteroatoms. The van der Waals surface area contributed by atoms with E-state index in [9.17, 15) is 4.79 Å². The summed E-state index contributed by atoms with van der Waals surface area (Å²) in [6.45, 7) is 3.49. The fourth-order valence-electron chi connectivity index (χ4n) is 1.66. The van der Waals surface area contributed by atoms with Gasteiger partial charge in [-0.15, -0.1) is 0 Å². The normalized spacial score (nSPS) is 20.1. The predicted molar refractivity (Wildman–Crippen MR) is 49.7 cm³/mol. The van der Waals surface area contributed by atoms with Crippen LogP contribution in [0.1, 0.15) is 12.8 Å². The number of amides is 1. The summed E-state index contributed by atoms with van der Waals surface area (Å²) < 4.78 is 0. The summed E-state index contributed by atoms with van der Waals surface area (Å²) in [5, 5.41) is 11.0. The molecule has 0 aliphatic carbocycles. The second kappa shape index (κ2) is 5.04. The Kier molecular flexibility index (Phi) is 3.98. The monoisotopic (exact) mass is 187 g/mol. The van der Waals surface area contributed by atoms with Crippen molar-refractivity contribution in [3.63, 3.8) is 0 Å². The Labute approximate surface area is 77.9 Å². The van der Waals surface area contributed by atoms with E-state index in [1.165, 1.54) is 0 Å². The van der Waals surface area contributed by atoms with Crippen LogP contribution in [0, 0.1) is 0 Å². The predicted octanol–water partition coefficient (Wildman–Crippen LogP) is -0.323. The van der Waals surface area contributed by atoms with E-state index in [2.05, 4.69) is 10.2 Å². The minimum absolute atomic E-state index is 0.131. The first-order valence-electron chi connectivity index (χ1n) is 4.64. The first-order chi connectivity index (χ1) is 6.22. The summed E-state index contributed by atoms with van der Waals surface area (Å²) in [5.41, 5.74) is 5.42. The number of carbonyl (C=O) groups is 1. The van der Waals surface area contributed by atoms with Crippen molar-refractivity contribution in [3.05, 3.63) is 0 Å². The Morgan fingerprint density at radius 3 is 2.62 bits per heavy atom. The second-order valence-corrected chi connectivity index (χ2v) is 3.35. The number of rotatable bonds is 3. The van der Waals surface area contributed by atoms with Crippen molar-refractivity contribution in [3.8, 4) is 0 Å². The first kappa shape index (κ1) is 10.3. The van der Waals surface area contributed by atoms with Gasteiger partial charge < -0.3 is 21.1 Å². The van der Waals surface area contributed by atoms with E-state index in [1.807, 2.05) is 0 Å². The molecule has 1 saturated heterocycles. The summed E-state index contributed by atoms with van der Waals surface area (Å²) in [6, 6.07) is 0.131. The van der Waals surface area contributed by atoms with Crippen molar-refractivity contribution >= 4 is 6.09 Å². The molecule has 1 aliphatic rings. The zero-order valence-corrected chi connectivity index (χ0v) is 7.70. The second-order valence-electron chi connectivity index (χ2n) is 3.35. The van der Waals surface area contributed by atoms with Crippen LogP contribution >= 0.6 is 0 Å². The number of hydrogen-bond acceptors (Lipinski definition) is 3. The number of nitrogens with zero attached hydrogens (tertiary/aromatic N) is 1. The van der Waals surface area contributed by atoms with E-state index in [1.54, 1.807) is 0 Å². The summed E-state index contributed by atoms with van der Waals surface area (Å²) >= 11 is 0. The molecule has 0 radical (unpaired) electrons. The van der Waals surface area contributed by atoms with E-state index in [0.717, 1.165) is 32.5 Å². The number of nitrogens with two attached hydrogens (primary N) is 1. The molecule has 0 saturated carbocycles. The molecular formula is C8H17N3O2. The third kappa shape index (κ3) is 3.61. The molecule has 76 valence electrons. The Hall–Kier alpha value is -0.810. The van der Waals surface area contributed by atoms with Gasteiger partial charge in [0.2, 0.25) is 0 Å². The van der Waals surface area contributed by atoms with Gasteiger partial charge in [-0.3, -0.25) is 0 Å². The number of piperidine rings is 1. The van der Waals surface area contributed by atoms with E-state index < -0.39 is 6.09 Å². The van der Waals surface area contributed by atoms with Crippen molar-refractivity contribution in [2.45, 2.75) is 18.9 Å². The van der Waals surface area contributed by atoms with Crippen molar-refractivity contribution in [1.29, 1.82) is 0 Å². The molecule has 0 spiro atoms. The smallest absolute Gasteiger partial charge is 0.404 e. The minimum atomic E-state index is -0.919. The van der Waals surface area contributed by atoms with Gasteiger partial charge in [0.1, 0.15) is 0 Å². The quantitative estimate of drug-likeness (QED) is 0.565. The van der Waals surface area contributed by atoms with E-state index >= 15 is 0 Å². The number of likely N-dealkylation sites (tertiary alicyclic amines) is 1. The number of hydrogen-bond donors (Lipinski definition) is 3. The summed E-state index contributed by atoms with van der Waals surface area (Å²) in [7, 11) is 0. The van der Waals surface area contributed by atoms with Crippen LogP contribution in [-0.4, -0.2) is 48.3 Å². The maximum atomic E-state index is 10.3. The molecule has 1 heterocycles. The van der Waals surface area contributed by atoms with Crippen molar-refractivity contribution in [2.24, 2.45) is 5.73 Å². The van der Waals surface area contributed by atoms with Crippen molar-refractivity contribution in [2.75, 3.05) is 26.2 Å². The third-order valence-corrected chi connectivity index (χ3v) is 2.36. The van der Waals surface area contributed by atoms with Gasteiger partial charge in [-0.1, -0.05) is 0 Å². The highest BCUT2D eigenvalue weighted by Gasteiger charge is 2.19. The van der Waals surface area contributed by atoms with Gasteiger partial charge in [0.15, 0.2) is 0 Å². The van der Waals surface area contributed by atoms with Gasteiger partial charge in [0, 0.05) is 32.2 Å². The van der Waals surface area contributed by atoms with Crippen LogP contribution < -0.4 is 11.1 Å².